The number of nitrogens with two attached hydrogens (primary N) is 1. The summed E-state index contributed by atoms with van der Waals surface area (Å²) in [6.45, 7) is 2.46. The van der Waals surface area contributed by atoms with Crippen molar-refractivity contribution in [1.82, 2.24) is 15.2 Å². The third-order valence-electron chi connectivity index (χ3n) is 4.60. The SMILES string of the molecule is Cc1[nH]nc2ccc(-c3cncc(OCC(N)Cc4ccccc4)c3)cc12.Cl.Cl. The first-order chi connectivity index (χ1) is 13.2. The van der Waals surface area contributed by atoms with E-state index in [0.29, 0.717) is 6.61 Å². The number of rotatable bonds is 6. The molecule has 0 saturated carbocycles. The van der Waals surface area contributed by atoms with Gasteiger partial charge in [-0.05, 0) is 42.7 Å². The van der Waals surface area contributed by atoms with Gasteiger partial charge in [0.1, 0.15) is 12.4 Å². The zero-order chi connectivity index (χ0) is 18.6. The van der Waals surface area contributed by atoms with Crippen molar-refractivity contribution in [2.45, 2.75) is 19.4 Å². The van der Waals surface area contributed by atoms with Gasteiger partial charge in [-0.25, -0.2) is 0 Å². The fourth-order valence-corrected chi connectivity index (χ4v) is 3.15. The Morgan fingerprint density at radius 2 is 1.79 bits per heavy atom. The zero-order valence-electron chi connectivity index (χ0n) is 16.0. The number of benzene rings is 2. The topological polar surface area (TPSA) is 76.8 Å². The molecule has 2 aromatic carbocycles. The fraction of sp³-hybridized carbons (Fsp3) is 0.182. The summed E-state index contributed by atoms with van der Waals surface area (Å²) in [5.74, 6) is 0.722. The van der Waals surface area contributed by atoms with Gasteiger partial charge in [-0.2, -0.15) is 5.10 Å². The summed E-state index contributed by atoms with van der Waals surface area (Å²) < 4.78 is 5.89. The number of aromatic nitrogens is 3. The summed E-state index contributed by atoms with van der Waals surface area (Å²) in [6, 6.07) is 18.3. The van der Waals surface area contributed by atoms with Crippen LogP contribution >= 0.6 is 24.8 Å². The molecule has 7 heteroatoms. The Morgan fingerprint density at radius 3 is 2.59 bits per heavy atom. The molecule has 0 spiro atoms. The number of nitrogens with zero attached hydrogens (tertiary/aromatic N) is 2. The van der Waals surface area contributed by atoms with Crippen LogP contribution in [0.25, 0.3) is 22.0 Å². The fourth-order valence-electron chi connectivity index (χ4n) is 3.15. The average molecular weight is 431 g/mol. The molecule has 4 rings (SSSR count). The van der Waals surface area contributed by atoms with E-state index >= 15 is 0 Å². The third-order valence-corrected chi connectivity index (χ3v) is 4.60. The van der Waals surface area contributed by atoms with Crippen molar-refractivity contribution in [1.29, 1.82) is 0 Å². The molecule has 0 fully saturated rings. The minimum atomic E-state index is -0.0685. The summed E-state index contributed by atoms with van der Waals surface area (Å²) in [5, 5.41) is 8.40. The van der Waals surface area contributed by atoms with Crippen molar-refractivity contribution in [3.63, 3.8) is 0 Å². The Labute approximate surface area is 182 Å². The van der Waals surface area contributed by atoms with Crippen LogP contribution in [0.4, 0.5) is 0 Å². The number of pyridine rings is 1. The molecule has 4 aromatic rings. The van der Waals surface area contributed by atoms with E-state index in [-0.39, 0.29) is 30.9 Å². The van der Waals surface area contributed by atoms with Crippen LogP contribution in [-0.2, 0) is 6.42 Å². The Hall–Kier alpha value is -2.60. The molecule has 3 N–H and O–H groups in total. The molecule has 0 aliphatic rings. The van der Waals surface area contributed by atoms with Gasteiger partial charge in [0.2, 0.25) is 0 Å². The van der Waals surface area contributed by atoms with Crippen LogP contribution in [0.1, 0.15) is 11.3 Å². The van der Waals surface area contributed by atoms with Crippen molar-refractivity contribution in [3.05, 3.63) is 78.2 Å². The highest BCUT2D eigenvalue weighted by Crippen LogP contribution is 2.27. The summed E-state index contributed by atoms with van der Waals surface area (Å²) in [4.78, 5) is 4.32. The summed E-state index contributed by atoms with van der Waals surface area (Å²) >= 11 is 0. The van der Waals surface area contributed by atoms with E-state index in [1.54, 1.807) is 6.20 Å². The lowest BCUT2D eigenvalue weighted by molar-refractivity contribution is 0.286. The maximum absolute atomic E-state index is 6.21. The molecular formula is C22H24Cl2N4O. The van der Waals surface area contributed by atoms with Gasteiger partial charge in [-0.1, -0.05) is 36.4 Å². The normalized spacial score (nSPS) is 11.4. The second-order valence-electron chi connectivity index (χ2n) is 6.75. The molecule has 1 unspecified atom stereocenters. The van der Waals surface area contributed by atoms with Gasteiger partial charge >= 0.3 is 0 Å². The standard InChI is InChI=1S/C22H22N4O.2ClH/c1-15-21-11-17(7-8-22(21)26-25-15)18-10-20(13-24-12-18)27-14-19(23)9-16-5-3-2-4-6-16;;/h2-8,10-13,19H,9,14,23H2,1H3,(H,25,26);2*1H. The van der Waals surface area contributed by atoms with Gasteiger partial charge in [-0.15, -0.1) is 24.8 Å². The predicted octanol–water partition coefficient (Wildman–Crippen LogP) is 4.73. The van der Waals surface area contributed by atoms with E-state index in [1.165, 1.54) is 5.56 Å². The molecule has 2 aromatic heterocycles. The lowest BCUT2D eigenvalue weighted by Gasteiger charge is -2.14. The van der Waals surface area contributed by atoms with Gasteiger partial charge in [0.05, 0.1) is 11.7 Å². The van der Waals surface area contributed by atoms with Crippen molar-refractivity contribution in [2.24, 2.45) is 5.73 Å². The number of hydrogen-bond acceptors (Lipinski definition) is 4. The second-order valence-corrected chi connectivity index (χ2v) is 6.75. The van der Waals surface area contributed by atoms with Gasteiger partial charge in [-0.3, -0.25) is 10.1 Å². The quantitative estimate of drug-likeness (QED) is 0.463. The van der Waals surface area contributed by atoms with E-state index < -0.39 is 0 Å². The number of ether oxygens (including phenoxy) is 1. The van der Waals surface area contributed by atoms with Gasteiger partial charge < -0.3 is 10.5 Å². The molecule has 0 saturated heterocycles. The Morgan fingerprint density at radius 1 is 1.00 bits per heavy atom. The molecule has 0 aliphatic heterocycles. The first kappa shape index (κ1) is 22.7. The second kappa shape index (κ2) is 10.3. The Balaban J connectivity index is 0.00000150. The molecular weight excluding hydrogens is 407 g/mol. The highest BCUT2D eigenvalue weighted by molar-refractivity contribution is 5.86. The van der Waals surface area contributed by atoms with E-state index in [4.69, 9.17) is 10.5 Å². The van der Waals surface area contributed by atoms with Crippen LogP contribution in [0.2, 0.25) is 0 Å². The molecule has 152 valence electrons. The van der Waals surface area contributed by atoms with Crippen molar-refractivity contribution in [2.75, 3.05) is 6.61 Å². The van der Waals surface area contributed by atoms with E-state index in [0.717, 1.165) is 39.9 Å². The number of H-pyrrole nitrogens is 1. The van der Waals surface area contributed by atoms with E-state index in [9.17, 15) is 0 Å². The molecule has 0 bridgehead atoms. The summed E-state index contributed by atoms with van der Waals surface area (Å²) in [6.07, 6.45) is 4.35. The van der Waals surface area contributed by atoms with Gasteiger partial charge in [0.25, 0.3) is 0 Å². The molecule has 0 amide bonds. The number of hydrogen-bond donors (Lipinski definition) is 2. The Kier molecular flexibility index (Phi) is 8.02. The number of aromatic amines is 1. The maximum atomic E-state index is 6.21. The number of aryl methyl sites for hydroxylation is 1. The van der Waals surface area contributed by atoms with E-state index in [1.807, 2.05) is 49.5 Å². The molecule has 29 heavy (non-hydrogen) atoms. The van der Waals surface area contributed by atoms with Crippen LogP contribution in [0.3, 0.4) is 0 Å². The Bertz CT molecular complexity index is 1050. The molecule has 2 heterocycles. The molecule has 0 radical (unpaired) electrons. The van der Waals surface area contributed by atoms with Crippen LogP contribution in [0, 0.1) is 6.92 Å². The van der Waals surface area contributed by atoms with Crippen LogP contribution < -0.4 is 10.5 Å². The smallest absolute Gasteiger partial charge is 0.138 e. The van der Waals surface area contributed by atoms with Gasteiger partial charge in [0.15, 0.2) is 0 Å². The molecule has 1 atom stereocenters. The number of halogens is 2. The largest absolute Gasteiger partial charge is 0.490 e. The monoisotopic (exact) mass is 430 g/mol. The lowest BCUT2D eigenvalue weighted by atomic mass is 10.0. The van der Waals surface area contributed by atoms with Crippen molar-refractivity contribution < 1.29 is 4.74 Å². The zero-order valence-corrected chi connectivity index (χ0v) is 17.7. The number of fused-ring (bicyclic) bond motifs is 1. The minimum Gasteiger partial charge on any atom is -0.490 e. The maximum Gasteiger partial charge on any atom is 0.138 e. The average Bonchev–Trinajstić information content (AvgIpc) is 3.08. The van der Waals surface area contributed by atoms with Crippen LogP contribution in [0.5, 0.6) is 5.75 Å². The number of nitrogens with one attached hydrogen (secondary N) is 1. The highest BCUT2D eigenvalue weighted by Gasteiger charge is 2.08. The minimum absolute atomic E-state index is 0. The van der Waals surface area contributed by atoms with Gasteiger partial charge in [0, 0.05) is 28.9 Å². The first-order valence-electron chi connectivity index (χ1n) is 9.01. The highest BCUT2D eigenvalue weighted by atomic mass is 35.5. The molecule has 5 nitrogen and oxygen atoms in total. The van der Waals surface area contributed by atoms with E-state index in [2.05, 4.69) is 33.4 Å². The lowest BCUT2D eigenvalue weighted by Crippen LogP contribution is -2.30. The van der Waals surface area contributed by atoms with Crippen molar-refractivity contribution >= 4 is 35.7 Å². The summed E-state index contributed by atoms with van der Waals surface area (Å²) in [7, 11) is 0. The summed E-state index contributed by atoms with van der Waals surface area (Å²) in [5.41, 5.74) is 11.5. The van der Waals surface area contributed by atoms with Crippen LogP contribution in [0.15, 0.2) is 67.0 Å². The van der Waals surface area contributed by atoms with Crippen LogP contribution in [-0.4, -0.2) is 27.8 Å². The molecule has 0 aliphatic carbocycles. The third kappa shape index (κ3) is 5.48. The predicted molar refractivity (Wildman–Crippen MR) is 122 cm³/mol. The first-order valence-corrected chi connectivity index (χ1v) is 9.01. The van der Waals surface area contributed by atoms with Crippen molar-refractivity contribution in [3.8, 4) is 16.9 Å².